The molecule has 0 unspecified atom stereocenters. The van der Waals surface area contributed by atoms with E-state index < -0.39 is 0 Å². The highest BCUT2D eigenvalue weighted by molar-refractivity contribution is 6.05. The Labute approximate surface area is 112 Å². The second kappa shape index (κ2) is 5.19. The van der Waals surface area contributed by atoms with Crippen LogP contribution in [0.4, 0.5) is 0 Å². The minimum absolute atomic E-state index is 0.275. The predicted molar refractivity (Wildman–Crippen MR) is 69.8 cm³/mol. The van der Waals surface area contributed by atoms with Gasteiger partial charge in [0.05, 0.1) is 18.1 Å². The van der Waals surface area contributed by atoms with E-state index >= 15 is 0 Å². The first kappa shape index (κ1) is 13.2. The molecule has 100 valence electrons. The summed E-state index contributed by atoms with van der Waals surface area (Å²) in [5.41, 5.74) is 0.920. The summed E-state index contributed by atoms with van der Waals surface area (Å²) in [6.07, 6.45) is 0.658. The van der Waals surface area contributed by atoms with Crippen LogP contribution >= 0.6 is 0 Å². The number of hydrogen-bond donors (Lipinski definition) is 1. The molecule has 0 saturated carbocycles. The van der Waals surface area contributed by atoms with Gasteiger partial charge in [0.25, 0.3) is 0 Å². The molecule has 0 spiro atoms. The van der Waals surface area contributed by atoms with E-state index in [1.165, 1.54) is 0 Å². The van der Waals surface area contributed by atoms with Crippen LogP contribution in [0.5, 0.6) is 11.5 Å². The number of oxime groups is 1. The lowest BCUT2D eigenvalue weighted by Crippen LogP contribution is -2.13. The Morgan fingerprint density at radius 3 is 3.00 bits per heavy atom. The molecule has 1 heterocycles. The monoisotopic (exact) mass is 260 g/mol. The van der Waals surface area contributed by atoms with E-state index in [-0.39, 0.29) is 12.0 Å². The summed E-state index contributed by atoms with van der Waals surface area (Å²) in [6.45, 7) is 4.51. The second-order valence-electron chi connectivity index (χ2n) is 5.09. The number of fused-ring (bicyclic) bond motifs is 1. The van der Waals surface area contributed by atoms with E-state index in [1.54, 1.807) is 12.1 Å². The molecule has 5 nitrogen and oxygen atoms in total. The van der Waals surface area contributed by atoms with Gasteiger partial charge in [0.2, 0.25) is 0 Å². The third kappa shape index (κ3) is 2.97. The zero-order valence-corrected chi connectivity index (χ0v) is 11.0. The van der Waals surface area contributed by atoms with Gasteiger partial charge in [-0.05, 0) is 32.4 Å². The van der Waals surface area contributed by atoms with Gasteiger partial charge in [0, 0.05) is 11.6 Å². The molecule has 0 amide bonds. The molecule has 0 aromatic heterocycles. The summed E-state index contributed by atoms with van der Waals surface area (Å²) in [7, 11) is 0. The lowest BCUT2D eigenvalue weighted by molar-refractivity contribution is 0.263. The van der Waals surface area contributed by atoms with Gasteiger partial charge in [-0.3, -0.25) is 0 Å². The minimum atomic E-state index is -0.385. The quantitative estimate of drug-likeness (QED) is 0.667. The number of nitrogens with zero attached hydrogens (tertiary/aromatic N) is 2. The normalized spacial score (nSPS) is 15.7. The summed E-state index contributed by atoms with van der Waals surface area (Å²) in [5.74, 6) is 1.34. The fourth-order valence-electron chi connectivity index (χ4n) is 1.74. The van der Waals surface area contributed by atoms with Gasteiger partial charge in [-0.2, -0.15) is 5.26 Å². The van der Waals surface area contributed by atoms with Crippen LogP contribution in [0.1, 0.15) is 25.8 Å². The van der Waals surface area contributed by atoms with Crippen molar-refractivity contribution < 1.29 is 14.7 Å². The van der Waals surface area contributed by atoms with Gasteiger partial charge in [0.15, 0.2) is 0 Å². The van der Waals surface area contributed by atoms with Crippen molar-refractivity contribution in [3.8, 4) is 17.6 Å². The summed E-state index contributed by atoms with van der Waals surface area (Å²) in [4.78, 5) is 0. The Bertz CT molecular complexity index is 544. The maximum absolute atomic E-state index is 8.91. The zero-order chi connectivity index (χ0) is 13.9. The summed E-state index contributed by atoms with van der Waals surface area (Å²) in [5, 5.41) is 20.9. The third-order valence-electron chi connectivity index (χ3n) is 3.05. The molecule has 1 aliphatic rings. The smallest absolute Gasteiger partial charge is 0.134 e. The molecule has 2 rings (SSSR count). The number of nitriles is 1. The average Bonchev–Trinajstić information content (AvgIpc) is 2.81. The van der Waals surface area contributed by atoms with Crippen LogP contribution in [0.25, 0.3) is 0 Å². The van der Waals surface area contributed by atoms with Crippen molar-refractivity contribution in [3.05, 3.63) is 23.8 Å². The summed E-state index contributed by atoms with van der Waals surface area (Å²) >= 11 is 0. The lowest BCUT2D eigenvalue weighted by atomic mass is 9.92. The van der Waals surface area contributed by atoms with Crippen LogP contribution in [0.2, 0.25) is 0 Å². The maximum Gasteiger partial charge on any atom is 0.134 e. The van der Waals surface area contributed by atoms with Crippen molar-refractivity contribution in [2.75, 3.05) is 13.2 Å². The molecular weight excluding hydrogens is 244 g/mol. The van der Waals surface area contributed by atoms with Crippen molar-refractivity contribution in [3.63, 3.8) is 0 Å². The molecule has 0 fully saturated rings. The van der Waals surface area contributed by atoms with Crippen LogP contribution in [0, 0.1) is 16.7 Å². The summed E-state index contributed by atoms with van der Waals surface area (Å²) in [6, 6.07) is 7.62. The lowest BCUT2D eigenvalue weighted by Gasteiger charge is -2.15. The van der Waals surface area contributed by atoms with Crippen molar-refractivity contribution >= 4 is 5.71 Å². The molecule has 0 atom stereocenters. The third-order valence-corrected chi connectivity index (χ3v) is 3.05. The number of ether oxygens (including phenoxy) is 2. The first-order chi connectivity index (χ1) is 9.05. The molecule has 0 radical (unpaired) electrons. The highest BCUT2D eigenvalue weighted by atomic mass is 16.5. The Morgan fingerprint density at radius 1 is 1.53 bits per heavy atom. The van der Waals surface area contributed by atoms with Crippen LogP contribution in [0.15, 0.2) is 23.4 Å². The van der Waals surface area contributed by atoms with Gasteiger partial charge in [0.1, 0.15) is 23.8 Å². The molecule has 1 aliphatic heterocycles. The van der Waals surface area contributed by atoms with E-state index in [0.29, 0.717) is 30.2 Å². The highest BCUT2D eigenvalue weighted by Crippen LogP contribution is 2.30. The van der Waals surface area contributed by atoms with E-state index in [2.05, 4.69) is 11.2 Å². The van der Waals surface area contributed by atoms with E-state index in [4.69, 9.17) is 19.9 Å². The molecule has 1 aromatic carbocycles. The van der Waals surface area contributed by atoms with Gasteiger partial charge < -0.3 is 14.7 Å². The number of rotatable bonds is 4. The highest BCUT2D eigenvalue weighted by Gasteiger charge is 2.21. The van der Waals surface area contributed by atoms with E-state index in [1.807, 2.05) is 19.9 Å². The molecule has 0 bridgehead atoms. The summed E-state index contributed by atoms with van der Waals surface area (Å²) < 4.78 is 11.0. The molecule has 1 N–H and O–H groups in total. The first-order valence-corrected chi connectivity index (χ1v) is 6.08. The molecule has 0 saturated heterocycles. The SMILES string of the molecule is CC(C)(C#N)CCOc1ccc2c(c1)OCC2=NO. The average molecular weight is 260 g/mol. The molecule has 0 aliphatic carbocycles. The molecule has 1 aromatic rings. The van der Waals surface area contributed by atoms with Gasteiger partial charge in [-0.25, -0.2) is 0 Å². The fraction of sp³-hybridized carbons (Fsp3) is 0.429. The topological polar surface area (TPSA) is 74.8 Å². The van der Waals surface area contributed by atoms with E-state index in [0.717, 1.165) is 5.56 Å². The molecule has 5 heteroatoms. The van der Waals surface area contributed by atoms with Crippen LogP contribution < -0.4 is 9.47 Å². The van der Waals surface area contributed by atoms with Crippen LogP contribution in [-0.2, 0) is 0 Å². The van der Waals surface area contributed by atoms with Crippen molar-refractivity contribution in [1.29, 1.82) is 5.26 Å². The van der Waals surface area contributed by atoms with Gasteiger partial charge >= 0.3 is 0 Å². The first-order valence-electron chi connectivity index (χ1n) is 6.08. The molecular formula is C14H16N2O3. The molecule has 19 heavy (non-hydrogen) atoms. The van der Waals surface area contributed by atoms with Gasteiger partial charge in [-0.15, -0.1) is 0 Å². The van der Waals surface area contributed by atoms with Gasteiger partial charge in [-0.1, -0.05) is 5.16 Å². The van der Waals surface area contributed by atoms with Crippen molar-refractivity contribution in [1.82, 2.24) is 0 Å². The standard InChI is InChI=1S/C14H16N2O3/c1-14(2,9-15)5-6-18-10-3-4-11-12(16-17)8-19-13(11)7-10/h3-4,7,17H,5-6,8H2,1-2H3. The largest absolute Gasteiger partial charge is 0.493 e. The Balaban J connectivity index is 1.99. The van der Waals surface area contributed by atoms with Crippen LogP contribution in [-0.4, -0.2) is 24.1 Å². The maximum atomic E-state index is 8.91. The van der Waals surface area contributed by atoms with Crippen molar-refractivity contribution in [2.45, 2.75) is 20.3 Å². The Hall–Kier alpha value is -2.22. The Morgan fingerprint density at radius 2 is 2.32 bits per heavy atom. The zero-order valence-electron chi connectivity index (χ0n) is 11.0. The van der Waals surface area contributed by atoms with Crippen molar-refractivity contribution in [2.24, 2.45) is 10.6 Å². The van der Waals surface area contributed by atoms with E-state index in [9.17, 15) is 0 Å². The van der Waals surface area contributed by atoms with Crippen LogP contribution in [0.3, 0.4) is 0 Å². The predicted octanol–water partition coefficient (Wildman–Crippen LogP) is 2.58. The number of benzene rings is 1. The number of hydrogen-bond acceptors (Lipinski definition) is 5. The fourth-order valence-corrected chi connectivity index (χ4v) is 1.74. The minimum Gasteiger partial charge on any atom is -0.493 e. The Kier molecular flexibility index (Phi) is 3.61. The second-order valence-corrected chi connectivity index (χ2v) is 5.09.